The minimum atomic E-state index is -3.99. The maximum Gasteiger partial charge on any atom is 0.269 e. The number of methoxy groups -OCH3 is 2. The molecule has 1 aliphatic rings. The van der Waals surface area contributed by atoms with Crippen LogP contribution in [0.5, 0.6) is 11.5 Å². The Balaban J connectivity index is 2.36. The number of fused-ring (bicyclic) bond motifs is 1. The molecule has 0 fully saturated rings. The summed E-state index contributed by atoms with van der Waals surface area (Å²) in [5.74, 6) is 0.238. The van der Waals surface area contributed by atoms with Crippen LogP contribution in [0.2, 0.25) is 0 Å². The summed E-state index contributed by atoms with van der Waals surface area (Å²) in [6, 6.07) is 3.27. The quantitative estimate of drug-likeness (QED) is 0.658. The first-order valence-corrected chi connectivity index (χ1v) is 10.4. The molecule has 0 spiro atoms. The van der Waals surface area contributed by atoms with Crippen molar-refractivity contribution in [3.05, 3.63) is 22.6 Å². The second-order valence-electron chi connectivity index (χ2n) is 6.68. The van der Waals surface area contributed by atoms with Crippen LogP contribution in [0.4, 0.5) is 5.69 Å². The largest absolute Gasteiger partial charge is 0.493 e. The van der Waals surface area contributed by atoms with Crippen molar-refractivity contribution in [3.8, 4) is 11.5 Å². The predicted octanol–water partition coefficient (Wildman–Crippen LogP) is 2.15. The van der Waals surface area contributed by atoms with E-state index >= 15 is 0 Å². The van der Waals surface area contributed by atoms with Crippen molar-refractivity contribution >= 4 is 27.2 Å². The molecule has 0 bridgehead atoms. The Morgan fingerprint density at radius 3 is 2.36 bits per heavy atom. The number of nitrogens with one attached hydrogen (secondary N) is 1. The van der Waals surface area contributed by atoms with Gasteiger partial charge in [0.1, 0.15) is 0 Å². The lowest BCUT2D eigenvalue weighted by atomic mass is 10.0. The summed E-state index contributed by atoms with van der Waals surface area (Å²) in [6.07, 6.45) is 0.699. The average molecular weight is 413 g/mol. The monoisotopic (exact) mass is 412 g/mol. The van der Waals surface area contributed by atoms with E-state index in [0.29, 0.717) is 47.9 Å². The van der Waals surface area contributed by atoms with E-state index < -0.39 is 15.9 Å². The van der Waals surface area contributed by atoms with Crippen LogP contribution in [-0.2, 0) is 19.6 Å². The van der Waals surface area contributed by atoms with Gasteiger partial charge in [-0.2, -0.15) is 0 Å². The molecule has 0 radical (unpaired) electrons. The zero-order valence-corrected chi connectivity index (χ0v) is 18.0. The van der Waals surface area contributed by atoms with E-state index in [1.807, 2.05) is 13.8 Å². The summed E-state index contributed by atoms with van der Waals surface area (Å²) in [5.41, 5.74) is 1.39. The van der Waals surface area contributed by atoms with Gasteiger partial charge in [0.15, 0.2) is 16.4 Å². The number of carbonyl (C=O) groups is 1. The molecule has 156 valence electrons. The fourth-order valence-corrected chi connectivity index (χ4v) is 4.46. The molecule has 2 rings (SSSR count). The van der Waals surface area contributed by atoms with E-state index in [2.05, 4.69) is 5.32 Å². The van der Waals surface area contributed by atoms with Crippen molar-refractivity contribution in [2.75, 3.05) is 38.7 Å². The molecule has 1 N–H and O–H groups in total. The Labute approximate surface area is 166 Å². The summed E-state index contributed by atoms with van der Waals surface area (Å²) in [7, 11) is 0.399. The number of sulfonamides is 1. The highest BCUT2D eigenvalue weighted by molar-refractivity contribution is 7.97. The number of carbonyl (C=O) groups excluding carboxylic acids is 1. The molecule has 1 aliphatic heterocycles. The van der Waals surface area contributed by atoms with Crippen molar-refractivity contribution in [1.82, 2.24) is 5.32 Å². The third-order valence-corrected chi connectivity index (χ3v) is 6.39. The standard InChI is InChI=1S/C19H28N2O6S/c1-12(2)27-9-7-8-20-19(22)18-13(3)14-10-16(25-5)17(26-6)11-15(14)21(4)28(18,23)24/h10-12H,7-9H2,1-6H3,(H,20,22). The van der Waals surface area contributed by atoms with Gasteiger partial charge >= 0.3 is 0 Å². The summed E-state index contributed by atoms with van der Waals surface area (Å²) < 4.78 is 43.0. The fourth-order valence-electron chi connectivity index (χ4n) is 2.97. The van der Waals surface area contributed by atoms with E-state index in [4.69, 9.17) is 14.2 Å². The number of hydrogen-bond acceptors (Lipinski definition) is 6. The molecular weight excluding hydrogens is 384 g/mol. The van der Waals surface area contributed by atoms with Gasteiger partial charge in [-0.1, -0.05) is 0 Å². The molecule has 0 atom stereocenters. The van der Waals surface area contributed by atoms with Crippen LogP contribution in [0.3, 0.4) is 0 Å². The Hall–Kier alpha value is -2.26. The maximum absolute atomic E-state index is 13.0. The second-order valence-corrected chi connectivity index (χ2v) is 8.59. The smallest absolute Gasteiger partial charge is 0.269 e. The van der Waals surface area contributed by atoms with Gasteiger partial charge in [-0.25, -0.2) is 8.42 Å². The topological polar surface area (TPSA) is 94.2 Å². The number of benzene rings is 1. The zero-order valence-electron chi connectivity index (χ0n) is 17.2. The lowest BCUT2D eigenvalue weighted by Gasteiger charge is -2.30. The SMILES string of the molecule is COc1cc2c(cc1OC)N(C)S(=O)(=O)C(C(=O)NCCCOC(C)C)=C2C. The van der Waals surface area contributed by atoms with Gasteiger partial charge < -0.3 is 19.5 Å². The van der Waals surface area contributed by atoms with Gasteiger partial charge in [0.2, 0.25) is 0 Å². The van der Waals surface area contributed by atoms with Gasteiger partial charge in [-0.3, -0.25) is 9.10 Å². The third kappa shape index (κ3) is 4.25. The van der Waals surface area contributed by atoms with E-state index in [1.165, 1.54) is 21.3 Å². The lowest BCUT2D eigenvalue weighted by Crippen LogP contribution is -2.39. The number of ether oxygens (including phenoxy) is 3. The zero-order chi connectivity index (χ0) is 21.1. The molecule has 0 unspecified atom stereocenters. The third-order valence-electron chi connectivity index (χ3n) is 4.47. The molecule has 1 heterocycles. The highest BCUT2D eigenvalue weighted by Gasteiger charge is 2.38. The van der Waals surface area contributed by atoms with E-state index in [1.54, 1.807) is 19.1 Å². The maximum atomic E-state index is 13.0. The van der Waals surface area contributed by atoms with Crippen LogP contribution in [0, 0.1) is 0 Å². The number of rotatable bonds is 8. The summed E-state index contributed by atoms with van der Waals surface area (Å²) in [6.45, 7) is 6.28. The molecule has 1 aromatic rings. The Morgan fingerprint density at radius 2 is 1.79 bits per heavy atom. The van der Waals surface area contributed by atoms with Gasteiger partial charge in [0.05, 0.1) is 26.0 Å². The fraction of sp³-hybridized carbons (Fsp3) is 0.526. The summed E-state index contributed by atoms with van der Waals surface area (Å²) >= 11 is 0. The van der Waals surface area contributed by atoms with Crippen LogP contribution in [0.25, 0.3) is 5.57 Å². The predicted molar refractivity (Wildman–Crippen MR) is 108 cm³/mol. The first-order valence-electron chi connectivity index (χ1n) is 9.01. The molecular formula is C19H28N2O6S. The number of amides is 1. The molecule has 0 saturated heterocycles. The highest BCUT2D eigenvalue weighted by Crippen LogP contribution is 2.44. The average Bonchev–Trinajstić information content (AvgIpc) is 2.64. The number of allylic oxidation sites excluding steroid dienone is 1. The van der Waals surface area contributed by atoms with Crippen LogP contribution in [0.1, 0.15) is 32.8 Å². The number of nitrogens with zero attached hydrogens (tertiary/aromatic N) is 1. The van der Waals surface area contributed by atoms with Crippen molar-refractivity contribution in [1.29, 1.82) is 0 Å². The van der Waals surface area contributed by atoms with E-state index in [-0.39, 0.29) is 11.0 Å². The van der Waals surface area contributed by atoms with Crippen LogP contribution < -0.4 is 19.1 Å². The van der Waals surface area contributed by atoms with Crippen molar-refractivity contribution < 1.29 is 27.4 Å². The Kier molecular flexibility index (Phi) is 6.95. The van der Waals surface area contributed by atoms with Crippen molar-refractivity contribution in [2.45, 2.75) is 33.3 Å². The van der Waals surface area contributed by atoms with Crippen LogP contribution >= 0.6 is 0 Å². The van der Waals surface area contributed by atoms with E-state index in [0.717, 1.165) is 4.31 Å². The molecule has 1 amide bonds. The molecule has 0 aliphatic carbocycles. The first kappa shape index (κ1) is 22.0. The van der Waals surface area contributed by atoms with Gasteiger partial charge in [0, 0.05) is 31.8 Å². The second kappa shape index (κ2) is 8.83. The normalized spacial score (nSPS) is 15.5. The molecule has 28 heavy (non-hydrogen) atoms. The van der Waals surface area contributed by atoms with Crippen LogP contribution in [-0.4, -0.2) is 54.8 Å². The first-order chi connectivity index (χ1) is 13.1. The van der Waals surface area contributed by atoms with Gasteiger partial charge in [-0.05, 0) is 38.8 Å². The molecule has 9 heteroatoms. The number of hydrogen-bond donors (Lipinski definition) is 1. The molecule has 8 nitrogen and oxygen atoms in total. The van der Waals surface area contributed by atoms with Crippen molar-refractivity contribution in [3.63, 3.8) is 0 Å². The molecule has 1 aromatic carbocycles. The van der Waals surface area contributed by atoms with Gasteiger partial charge in [0.25, 0.3) is 15.9 Å². The van der Waals surface area contributed by atoms with Gasteiger partial charge in [-0.15, -0.1) is 0 Å². The summed E-state index contributed by atoms with van der Waals surface area (Å²) in [4.78, 5) is 12.4. The van der Waals surface area contributed by atoms with E-state index in [9.17, 15) is 13.2 Å². The highest BCUT2D eigenvalue weighted by atomic mass is 32.2. The lowest BCUT2D eigenvalue weighted by molar-refractivity contribution is -0.116. The van der Waals surface area contributed by atoms with Crippen LogP contribution in [0.15, 0.2) is 17.0 Å². The Bertz CT molecular complexity index is 877. The minimum absolute atomic E-state index is 0.108. The minimum Gasteiger partial charge on any atom is -0.493 e. The molecule has 0 aromatic heterocycles. The number of anilines is 1. The Morgan fingerprint density at radius 1 is 1.18 bits per heavy atom. The molecule has 0 saturated carbocycles. The summed E-state index contributed by atoms with van der Waals surface area (Å²) in [5, 5.41) is 2.68. The van der Waals surface area contributed by atoms with Crippen molar-refractivity contribution in [2.24, 2.45) is 0 Å².